The van der Waals surface area contributed by atoms with Gasteiger partial charge >= 0.3 is 12.5 Å². The maximum atomic E-state index is 12.2. The van der Waals surface area contributed by atoms with E-state index in [1.54, 1.807) is 18.3 Å². The number of halogens is 3. The van der Waals surface area contributed by atoms with E-state index < -0.39 is 12.5 Å². The standard InChI is InChI=1S/C19H21F3N4O3/c20-19(21,22)29-16-4-1-14(2-5-16)15-3-6-17(24-13-15)26-11-9-25(10-12-26)8-7-23-18(27)28/h1-6,13,23H,7-12H2,(H,27,28). The molecule has 1 aromatic carbocycles. The molecule has 0 bridgehead atoms. The summed E-state index contributed by atoms with van der Waals surface area (Å²) in [5, 5.41) is 11.0. The molecule has 1 aromatic heterocycles. The van der Waals surface area contributed by atoms with E-state index in [4.69, 9.17) is 5.11 Å². The minimum atomic E-state index is -4.71. The number of amides is 1. The van der Waals surface area contributed by atoms with Gasteiger partial charge in [0.05, 0.1) is 0 Å². The number of rotatable bonds is 6. The first-order valence-electron chi connectivity index (χ1n) is 9.06. The van der Waals surface area contributed by atoms with Gasteiger partial charge in [0.1, 0.15) is 11.6 Å². The molecule has 0 saturated carbocycles. The Kier molecular flexibility index (Phi) is 6.42. The van der Waals surface area contributed by atoms with Crippen LogP contribution in [0, 0.1) is 0 Å². The van der Waals surface area contributed by atoms with E-state index in [9.17, 15) is 18.0 Å². The van der Waals surface area contributed by atoms with Crippen molar-refractivity contribution in [2.75, 3.05) is 44.2 Å². The van der Waals surface area contributed by atoms with E-state index in [0.717, 1.165) is 43.1 Å². The number of ether oxygens (including phenoxy) is 1. The van der Waals surface area contributed by atoms with E-state index in [0.29, 0.717) is 13.1 Å². The summed E-state index contributed by atoms with van der Waals surface area (Å²) in [5.74, 6) is 0.566. The summed E-state index contributed by atoms with van der Waals surface area (Å²) in [6, 6.07) is 9.43. The Morgan fingerprint density at radius 2 is 1.72 bits per heavy atom. The lowest BCUT2D eigenvalue weighted by molar-refractivity contribution is -0.274. The lowest BCUT2D eigenvalue weighted by Crippen LogP contribution is -2.48. The predicted octanol–water partition coefficient (Wildman–Crippen LogP) is 3.04. The van der Waals surface area contributed by atoms with Gasteiger partial charge in [-0.15, -0.1) is 13.2 Å². The van der Waals surface area contributed by atoms with Crippen molar-refractivity contribution in [3.63, 3.8) is 0 Å². The number of anilines is 1. The fourth-order valence-corrected chi connectivity index (χ4v) is 3.11. The first kappa shape index (κ1) is 20.7. The Bertz CT molecular complexity index is 805. The van der Waals surface area contributed by atoms with Gasteiger partial charge < -0.3 is 20.1 Å². The smallest absolute Gasteiger partial charge is 0.465 e. The summed E-state index contributed by atoms with van der Waals surface area (Å²) >= 11 is 0. The first-order valence-corrected chi connectivity index (χ1v) is 9.06. The number of carbonyl (C=O) groups is 1. The van der Waals surface area contributed by atoms with Gasteiger partial charge in [0, 0.05) is 51.0 Å². The van der Waals surface area contributed by atoms with Crippen LogP contribution in [0.1, 0.15) is 0 Å². The Morgan fingerprint density at radius 3 is 2.28 bits per heavy atom. The molecular weight excluding hydrogens is 389 g/mol. The van der Waals surface area contributed by atoms with Crippen molar-refractivity contribution in [1.82, 2.24) is 15.2 Å². The molecule has 1 aliphatic rings. The number of benzene rings is 1. The molecule has 156 valence electrons. The summed E-state index contributed by atoms with van der Waals surface area (Å²) in [5.41, 5.74) is 1.54. The van der Waals surface area contributed by atoms with Gasteiger partial charge in [-0.05, 0) is 29.8 Å². The highest BCUT2D eigenvalue weighted by molar-refractivity contribution is 5.65. The van der Waals surface area contributed by atoms with E-state index in [-0.39, 0.29) is 5.75 Å². The maximum Gasteiger partial charge on any atom is 0.573 e. The van der Waals surface area contributed by atoms with Crippen LogP contribution in [0.4, 0.5) is 23.8 Å². The fraction of sp³-hybridized carbons (Fsp3) is 0.368. The zero-order valence-electron chi connectivity index (χ0n) is 15.5. The third-order valence-electron chi connectivity index (χ3n) is 4.57. The highest BCUT2D eigenvalue weighted by atomic mass is 19.4. The van der Waals surface area contributed by atoms with Crippen LogP contribution in [0.5, 0.6) is 5.75 Å². The molecule has 7 nitrogen and oxygen atoms in total. The summed E-state index contributed by atoms with van der Waals surface area (Å²) in [7, 11) is 0. The normalized spacial score (nSPS) is 15.2. The zero-order valence-corrected chi connectivity index (χ0v) is 15.5. The second-order valence-corrected chi connectivity index (χ2v) is 6.54. The third kappa shape index (κ3) is 6.24. The van der Waals surface area contributed by atoms with Crippen molar-refractivity contribution >= 4 is 11.9 Å². The molecule has 3 rings (SSSR count). The van der Waals surface area contributed by atoms with Crippen LogP contribution in [0.25, 0.3) is 11.1 Å². The fourth-order valence-electron chi connectivity index (χ4n) is 3.11. The average molecular weight is 410 g/mol. The number of piperazine rings is 1. The minimum absolute atomic E-state index is 0.262. The number of carboxylic acid groups (broad SMARTS) is 1. The van der Waals surface area contributed by atoms with E-state index in [2.05, 4.69) is 24.8 Å². The molecule has 2 N–H and O–H groups in total. The van der Waals surface area contributed by atoms with Crippen LogP contribution in [0.2, 0.25) is 0 Å². The van der Waals surface area contributed by atoms with Crippen LogP contribution >= 0.6 is 0 Å². The Balaban J connectivity index is 1.53. The summed E-state index contributed by atoms with van der Waals surface area (Å²) < 4.78 is 40.6. The molecule has 1 aliphatic heterocycles. The molecule has 10 heteroatoms. The molecule has 0 aliphatic carbocycles. The van der Waals surface area contributed by atoms with Gasteiger partial charge in [-0.1, -0.05) is 12.1 Å². The predicted molar refractivity (Wildman–Crippen MR) is 101 cm³/mol. The number of aromatic nitrogens is 1. The third-order valence-corrected chi connectivity index (χ3v) is 4.57. The van der Waals surface area contributed by atoms with Gasteiger partial charge in [-0.3, -0.25) is 4.90 Å². The van der Waals surface area contributed by atoms with Gasteiger partial charge in [-0.25, -0.2) is 9.78 Å². The number of nitrogens with zero attached hydrogens (tertiary/aromatic N) is 3. The van der Waals surface area contributed by atoms with Crippen molar-refractivity contribution in [2.45, 2.75) is 6.36 Å². The first-order chi connectivity index (χ1) is 13.8. The molecule has 0 spiro atoms. The van der Waals surface area contributed by atoms with Crippen LogP contribution in [0.15, 0.2) is 42.6 Å². The molecule has 2 aromatic rings. The van der Waals surface area contributed by atoms with Crippen LogP contribution in [-0.2, 0) is 0 Å². The highest BCUT2D eigenvalue weighted by Gasteiger charge is 2.31. The maximum absolute atomic E-state index is 12.2. The van der Waals surface area contributed by atoms with Crippen molar-refractivity contribution in [2.24, 2.45) is 0 Å². The molecule has 2 heterocycles. The van der Waals surface area contributed by atoms with Crippen molar-refractivity contribution < 1.29 is 27.8 Å². The minimum Gasteiger partial charge on any atom is -0.465 e. The quantitative estimate of drug-likeness (QED) is 0.762. The van der Waals surface area contributed by atoms with Gasteiger partial charge in [0.15, 0.2) is 0 Å². The molecule has 0 unspecified atom stereocenters. The van der Waals surface area contributed by atoms with Crippen LogP contribution in [0.3, 0.4) is 0 Å². The van der Waals surface area contributed by atoms with Crippen molar-refractivity contribution in [3.05, 3.63) is 42.6 Å². The lowest BCUT2D eigenvalue weighted by Gasteiger charge is -2.35. The largest absolute Gasteiger partial charge is 0.573 e. The van der Waals surface area contributed by atoms with Crippen molar-refractivity contribution in [3.8, 4) is 16.9 Å². The number of nitrogens with one attached hydrogen (secondary N) is 1. The Labute approximate surface area is 165 Å². The second-order valence-electron chi connectivity index (χ2n) is 6.54. The average Bonchev–Trinajstić information content (AvgIpc) is 2.68. The number of hydrogen-bond donors (Lipinski definition) is 2. The van der Waals surface area contributed by atoms with E-state index in [1.165, 1.54) is 12.1 Å². The second kappa shape index (κ2) is 8.99. The number of alkyl halides is 3. The molecule has 0 radical (unpaired) electrons. The van der Waals surface area contributed by atoms with Gasteiger partial charge in [-0.2, -0.15) is 0 Å². The monoisotopic (exact) mass is 410 g/mol. The SMILES string of the molecule is O=C(O)NCCN1CCN(c2ccc(-c3ccc(OC(F)(F)F)cc3)cn2)CC1. The van der Waals surface area contributed by atoms with Gasteiger partial charge in [0.2, 0.25) is 0 Å². The summed E-state index contributed by atoms with van der Waals surface area (Å²) in [6.45, 7) is 4.25. The van der Waals surface area contributed by atoms with Crippen LogP contribution < -0.4 is 15.0 Å². The molecule has 1 fully saturated rings. The number of hydrogen-bond acceptors (Lipinski definition) is 5. The topological polar surface area (TPSA) is 77.9 Å². The van der Waals surface area contributed by atoms with E-state index in [1.807, 2.05) is 12.1 Å². The molecule has 1 amide bonds. The molecule has 0 atom stereocenters. The lowest BCUT2D eigenvalue weighted by atomic mass is 10.1. The Hall–Kier alpha value is -3.01. The zero-order chi connectivity index (χ0) is 20.9. The van der Waals surface area contributed by atoms with Gasteiger partial charge in [0.25, 0.3) is 0 Å². The summed E-state index contributed by atoms with van der Waals surface area (Å²) in [6.07, 6.45) is -4.03. The Morgan fingerprint density at radius 1 is 1.07 bits per heavy atom. The number of pyridine rings is 1. The molecule has 1 saturated heterocycles. The van der Waals surface area contributed by atoms with E-state index >= 15 is 0 Å². The molecular formula is C19H21F3N4O3. The van der Waals surface area contributed by atoms with Crippen LogP contribution in [-0.4, -0.2) is 66.7 Å². The van der Waals surface area contributed by atoms with Crippen molar-refractivity contribution in [1.29, 1.82) is 0 Å². The molecule has 29 heavy (non-hydrogen) atoms. The highest BCUT2D eigenvalue weighted by Crippen LogP contribution is 2.27. The summed E-state index contributed by atoms with van der Waals surface area (Å²) in [4.78, 5) is 19.3.